The molecular weight excluding hydrogens is 304 g/mol. The summed E-state index contributed by atoms with van der Waals surface area (Å²) in [6.07, 6.45) is 6.44. The number of hydrogen-bond acceptors (Lipinski definition) is 4. The molecule has 2 aliphatic carbocycles. The number of hydrogen-bond donors (Lipinski definition) is 0. The molecule has 1 aromatic rings. The molecule has 4 rings (SSSR count). The second kappa shape index (κ2) is 6.71. The van der Waals surface area contributed by atoms with Crippen molar-refractivity contribution in [3.8, 4) is 0 Å². The molecule has 2 saturated carbocycles. The third-order valence-corrected chi connectivity index (χ3v) is 6.04. The van der Waals surface area contributed by atoms with Crippen LogP contribution in [0.5, 0.6) is 0 Å². The lowest BCUT2D eigenvalue weighted by molar-refractivity contribution is -0.144. The smallest absolute Gasteiger partial charge is 0.225 e. The summed E-state index contributed by atoms with van der Waals surface area (Å²) in [4.78, 5) is 29.5. The number of fused-ring (bicyclic) bond motifs is 2. The van der Waals surface area contributed by atoms with Gasteiger partial charge in [0.15, 0.2) is 0 Å². The van der Waals surface area contributed by atoms with E-state index >= 15 is 0 Å². The summed E-state index contributed by atoms with van der Waals surface area (Å²) < 4.78 is 5.40. The quantitative estimate of drug-likeness (QED) is 0.853. The van der Waals surface area contributed by atoms with Crippen molar-refractivity contribution < 1.29 is 14.0 Å². The molecular formula is C19H26N2O3. The SMILES string of the molecule is O=C1[C@H]2CCC[C@H]1CC(C(=O)N1CCN(Cc3ccco3)CC1)C2. The van der Waals surface area contributed by atoms with Gasteiger partial charge >= 0.3 is 0 Å². The van der Waals surface area contributed by atoms with Crippen molar-refractivity contribution in [2.45, 2.75) is 38.6 Å². The average Bonchev–Trinajstić information content (AvgIpc) is 3.08. The highest BCUT2D eigenvalue weighted by molar-refractivity contribution is 5.88. The van der Waals surface area contributed by atoms with Crippen molar-refractivity contribution in [1.29, 1.82) is 0 Å². The number of furan rings is 1. The summed E-state index contributed by atoms with van der Waals surface area (Å²) in [5.41, 5.74) is 0. The van der Waals surface area contributed by atoms with Crippen molar-refractivity contribution in [1.82, 2.24) is 9.80 Å². The lowest BCUT2D eigenvalue weighted by Gasteiger charge is -2.41. The van der Waals surface area contributed by atoms with Crippen LogP contribution in [0.3, 0.4) is 0 Å². The Bertz CT molecular complexity index is 574. The molecule has 1 amide bonds. The van der Waals surface area contributed by atoms with Gasteiger partial charge in [-0.3, -0.25) is 14.5 Å². The van der Waals surface area contributed by atoms with E-state index in [1.54, 1.807) is 6.26 Å². The number of ketones is 1. The summed E-state index contributed by atoms with van der Waals surface area (Å²) in [5.74, 6) is 2.10. The van der Waals surface area contributed by atoms with Crippen LogP contribution >= 0.6 is 0 Å². The highest BCUT2D eigenvalue weighted by Crippen LogP contribution is 2.40. The number of carbonyl (C=O) groups excluding carboxylic acids is 2. The van der Waals surface area contributed by atoms with Gasteiger partial charge in [-0.1, -0.05) is 6.42 Å². The van der Waals surface area contributed by atoms with Crippen LogP contribution in [0.25, 0.3) is 0 Å². The van der Waals surface area contributed by atoms with E-state index in [1.807, 2.05) is 17.0 Å². The molecule has 0 radical (unpaired) electrons. The lowest BCUT2D eigenvalue weighted by Crippen LogP contribution is -2.51. The first-order valence-corrected chi connectivity index (χ1v) is 9.28. The third-order valence-electron chi connectivity index (χ3n) is 6.04. The van der Waals surface area contributed by atoms with Gasteiger partial charge in [0.05, 0.1) is 12.8 Å². The fraction of sp³-hybridized carbons (Fsp3) is 0.684. The molecule has 3 fully saturated rings. The van der Waals surface area contributed by atoms with Gasteiger partial charge < -0.3 is 9.32 Å². The topological polar surface area (TPSA) is 53.8 Å². The number of Topliss-reactive ketones (excluding diaryl/α,β-unsaturated/α-hetero) is 1. The van der Waals surface area contributed by atoms with Gasteiger partial charge in [-0.15, -0.1) is 0 Å². The molecule has 3 aliphatic rings. The van der Waals surface area contributed by atoms with Crippen LogP contribution in [-0.2, 0) is 16.1 Å². The van der Waals surface area contributed by atoms with Crippen LogP contribution in [0.4, 0.5) is 0 Å². The molecule has 0 aromatic carbocycles. The highest BCUT2D eigenvalue weighted by Gasteiger charge is 2.42. The fourth-order valence-electron chi connectivity index (χ4n) is 4.69. The molecule has 1 aromatic heterocycles. The zero-order valence-electron chi connectivity index (χ0n) is 14.2. The zero-order chi connectivity index (χ0) is 16.5. The zero-order valence-corrected chi connectivity index (χ0v) is 14.2. The second-order valence-corrected chi connectivity index (χ2v) is 7.58. The Hall–Kier alpha value is -1.62. The van der Waals surface area contributed by atoms with Gasteiger partial charge in [-0.2, -0.15) is 0 Å². The Morgan fingerprint density at radius 1 is 1.12 bits per heavy atom. The number of piperazine rings is 1. The minimum Gasteiger partial charge on any atom is -0.468 e. The van der Waals surface area contributed by atoms with Crippen molar-refractivity contribution >= 4 is 11.7 Å². The van der Waals surface area contributed by atoms with E-state index in [9.17, 15) is 9.59 Å². The van der Waals surface area contributed by atoms with E-state index in [1.165, 1.54) is 0 Å². The van der Waals surface area contributed by atoms with Crippen LogP contribution < -0.4 is 0 Å². The number of amides is 1. The Labute approximate surface area is 143 Å². The largest absolute Gasteiger partial charge is 0.468 e. The molecule has 130 valence electrons. The number of carbonyl (C=O) groups is 2. The number of nitrogens with zero attached hydrogens (tertiary/aromatic N) is 2. The van der Waals surface area contributed by atoms with E-state index in [-0.39, 0.29) is 23.7 Å². The maximum Gasteiger partial charge on any atom is 0.225 e. The van der Waals surface area contributed by atoms with Crippen LogP contribution in [0.1, 0.15) is 37.9 Å². The molecule has 2 bridgehead atoms. The van der Waals surface area contributed by atoms with Gasteiger partial charge in [0.1, 0.15) is 11.5 Å². The molecule has 1 aliphatic heterocycles. The summed E-state index contributed by atoms with van der Waals surface area (Å²) in [5, 5.41) is 0. The molecule has 1 saturated heterocycles. The first-order chi connectivity index (χ1) is 11.7. The minimum atomic E-state index is 0.0784. The third kappa shape index (κ3) is 3.14. The second-order valence-electron chi connectivity index (χ2n) is 7.58. The van der Waals surface area contributed by atoms with Gasteiger partial charge in [0, 0.05) is 43.9 Å². The van der Waals surface area contributed by atoms with E-state index in [0.29, 0.717) is 5.78 Å². The van der Waals surface area contributed by atoms with Crippen LogP contribution in [0.2, 0.25) is 0 Å². The Morgan fingerprint density at radius 2 is 1.83 bits per heavy atom. The van der Waals surface area contributed by atoms with Crippen LogP contribution in [0, 0.1) is 17.8 Å². The van der Waals surface area contributed by atoms with Crippen molar-refractivity contribution in [2.24, 2.45) is 17.8 Å². The van der Waals surface area contributed by atoms with Crippen LogP contribution in [0.15, 0.2) is 22.8 Å². The maximum absolute atomic E-state index is 12.9. The summed E-state index contributed by atoms with van der Waals surface area (Å²) in [6.45, 7) is 4.19. The van der Waals surface area contributed by atoms with Crippen LogP contribution in [-0.4, -0.2) is 47.7 Å². The standard InChI is InChI=1S/C19H26N2O3/c22-18-14-3-1-4-15(18)12-16(11-14)19(23)21-8-6-20(7-9-21)13-17-5-2-10-24-17/h2,5,10,14-16H,1,3-4,6-9,11-13H2/t14-,15-/m0/s1. The highest BCUT2D eigenvalue weighted by atomic mass is 16.3. The van der Waals surface area contributed by atoms with E-state index in [2.05, 4.69) is 4.90 Å². The lowest BCUT2D eigenvalue weighted by atomic mass is 9.67. The molecule has 5 nitrogen and oxygen atoms in total. The van der Waals surface area contributed by atoms with Gasteiger partial charge in [0.25, 0.3) is 0 Å². The van der Waals surface area contributed by atoms with Gasteiger partial charge in [-0.25, -0.2) is 0 Å². The predicted octanol–water partition coefficient (Wildman–Crippen LogP) is 2.32. The molecule has 2 atom stereocenters. The Morgan fingerprint density at radius 3 is 2.46 bits per heavy atom. The summed E-state index contributed by atoms with van der Waals surface area (Å²) in [6, 6.07) is 3.91. The van der Waals surface area contributed by atoms with Crippen molar-refractivity contribution in [2.75, 3.05) is 26.2 Å². The van der Waals surface area contributed by atoms with Crippen molar-refractivity contribution in [3.05, 3.63) is 24.2 Å². The van der Waals surface area contributed by atoms with E-state index in [4.69, 9.17) is 4.42 Å². The van der Waals surface area contributed by atoms with E-state index < -0.39 is 0 Å². The molecule has 5 heteroatoms. The maximum atomic E-state index is 12.9. The van der Waals surface area contributed by atoms with E-state index in [0.717, 1.165) is 70.6 Å². The Kier molecular flexibility index (Phi) is 4.44. The van der Waals surface area contributed by atoms with Gasteiger partial charge in [-0.05, 0) is 37.8 Å². The molecule has 24 heavy (non-hydrogen) atoms. The molecule has 0 spiro atoms. The molecule has 2 heterocycles. The van der Waals surface area contributed by atoms with Crippen molar-refractivity contribution in [3.63, 3.8) is 0 Å². The predicted molar refractivity (Wildman–Crippen MR) is 89.1 cm³/mol. The monoisotopic (exact) mass is 330 g/mol. The average molecular weight is 330 g/mol. The number of rotatable bonds is 3. The summed E-state index contributed by atoms with van der Waals surface area (Å²) >= 11 is 0. The minimum absolute atomic E-state index is 0.0784. The molecule has 0 unspecified atom stereocenters. The van der Waals surface area contributed by atoms with Gasteiger partial charge in [0.2, 0.25) is 5.91 Å². The Balaban J connectivity index is 1.31. The summed E-state index contributed by atoms with van der Waals surface area (Å²) in [7, 11) is 0. The fourth-order valence-corrected chi connectivity index (χ4v) is 4.69. The molecule has 0 N–H and O–H groups in total. The normalized spacial score (nSPS) is 31.2. The first-order valence-electron chi connectivity index (χ1n) is 9.28. The first kappa shape index (κ1) is 15.9.